The third-order valence-electron chi connectivity index (χ3n) is 6.58. The topological polar surface area (TPSA) is 63.6 Å². The second-order valence-electron chi connectivity index (χ2n) is 8.71. The lowest BCUT2D eigenvalue weighted by Crippen LogP contribution is -2.38. The van der Waals surface area contributed by atoms with Gasteiger partial charge in [-0.3, -0.25) is 14.5 Å². The van der Waals surface area contributed by atoms with Crippen molar-refractivity contribution in [1.82, 2.24) is 9.47 Å². The van der Waals surface area contributed by atoms with Gasteiger partial charge in [0.25, 0.3) is 5.91 Å². The van der Waals surface area contributed by atoms with Gasteiger partial charge in [0.1, 0.15) is 0 Å². The predicted octanol–water partition coefficient (Wildman–Crippen LogP) is 4.64. The van der Waals surface area contributed by atoms with Crippen molar-refractivity contribution in [2.45, 2.75) is 30.7 Å². The Bertz CT molecular complexity index is 1150. The summed E-state index contributed by atoms with van der Waals surface area (Å²) in [6.45, 7) is 5.19. The van der Waals surface area contributed by atoms with Crippen LogP contribution in [0.15, 0.2) is 59.6 Å². The number of thioether (sulfide) groups is 1. The van der Waals surface area contributed by atoms with Crippen LogP contribution in [0.1, 0.15) is 29.6 Å². The average molecular weight is 464 g/mol. The van der Waals surface area contributed by atoms with Crippen LogP contribution in [0, 0.1) is 5.92 Å². The second kappa shape index (κ2) is 10.1. The minimum absolute atomic E-state index is 0.152. The number of benzene rings is 2. The first-order valence-corrected chi connectivity index (χ1v) is 12.5. The van der Waals surface area contributed by atoms with Crippen molar-refractivity contribution in [2.75, 3.05) is 38.2 Å². The first-order valence-electron chi connectivity index (χ1n) is 11.7. The Balaban J connectivity index is 1.34. The lowest BCUT2D eigenvalue weighted by Gasteiger charge is -2.26. The van der Waals surface area contributed by atoms with E-state index in [9.17, 15) is 9.59 Å². The van der Waals surface area contributed by atoms with Crippen molar-refractivity contribution in [3.63, 3.8) is 0 Å². The van der Waals surface area contributed by atoms with E-state index >= 15 is 0 Å². The van der Waals surface area contributed by atoms with Crippen LogP contribution in [0.3, 0.4) is 0 Å². The van der Waals surface area contributed by atoms with Crippen molar-refractivity contribution in [2.24, 2.45) is 5.92 Å². The summed E-state index contributed by atoms with van der Waals surface area (Å²) in [5, 5.41) is 4.20. The SMILES string of the molecule is O=C(Nc1ccccc1SC(=O)C1CCC1)c1cn(CCN2CCOCC2)c2ccccc12. The fourth-order valence-electron chi connectivity index (χ4n) is 4.37. The number of carbonyl (C=O) groups excluding carboxylic acids is 2. The number of morpholine rings is 1. The Morgan fingerprint density at radius 3 is 2.55 bits per heavy atom. The highest BCUT2D eigenvalue weighted by atomic mass is 32.2. The molecule has 0 atom stereocenters. The number of nitrogens with one attached hydrogen (secondary N) is 1. The van der Waals surface area contributed by atoms with Gasteiger partial charge in [-0.25, -0.2) is 0 Å². The summed E-state index contributed by atoms with van der Waals surface area (Å²) in [5.41, 5.74) is 2.39. The predicted molar refractivity (Wildman–Crippen MR) is 132 cm³/mol. The van der Waals surface area contributed by atoms with Gasteiger partial charge in [-0.05, 0) is 42.8 Å². The Kier molecular flexibility index (Phi) is 6.80. The van der Waals surface area contributed by atoms with Crippen molar-refractivity contribution in [1.29, 1.82) is 0 Å². The summed E-state index contributed by atoms with van der Waals surface area (Å²) in [5.74, 6) is 0.00339. The van der Waals surface area contributed by atoms with Crippen LogP contribution in [-0.2, 0) is 16.1 Å². The fourth-order valence-corrected chi connectivity index (χ4v) is 5.37. The first-order chi connectivity index (χ1) is 16.2. The van der Waals surface area contributed by atoms with Crippen LogP contribution in [0.25, 0.3) is 10.9 Å². The molecule has 172 valence electrons. The highest BCUT2D eigenvalue weighted by Crippen LogP contribution is 2.36. The molecule has 0 unspecified atom stereocenters. The van der Waals surface area contributed by atoms with Gasteiger partial charge in [0.15, 0.2) is 5.12 Å². The maximum absolute atomic E-state index is 13.3. The molecule has 7 heteroatoms. The summed E-state index contributed by atoms with van der Waals surface area (Å²) in [7, 11) is 0. The molecule has 2 fully saturated rings. The van der Waals surface area contributed by atoms with E-state index in [2.05, 4.69) is 20.9 Å². The zero-order valence-electron chi connectivity index (χ0n) is 18.7. The molecular weight excluding hydrogens is 434 g/mol. The van der Waals surface area contributed by atoms with E-state index in [0.29, 0.717) is 11.3 Å². The molecule has 1 N–H and O–H groups in total. The molecule has 1 saturated heterocycles. The highest BCUT2D eigenvalue weighted by molar-refractivity contribution is 8.13. The largest absolute Gasteiger partial charge is 0.379 e. The van der Waals surface area contributed by atoms with Gasteiger partial charge in [0, 0.05) is 54.1 Å². The molecule has 6 nitrogen and oxygen atoms in total. The smallest absolute Gasteiger partial charge is 0.257 e. The number of para-hydroxylation sites is 2. The molecule has 1 aliphatic carbocycles. The number of rotatable bonds is 7. The van der Waals surface area contributed by atoms with Crippen molar-refractivity contribution in [3.8, 4) is 0 Å². The molecule has 1 aliphatic heterocycles. The standard InChI is InChI=1S/C26H29N3O3S/c30-25(27-22-9-2-4-11-24(22)33-26(31)19-6-5-7-19)21-18-29(23-10-3-1-8-20(21)23)13-12-28-14-16-32-17-15-28/h1-4,8-11,18-19H,5-7,12-17H2,(H,27,30). The zero-order valence-corrected chi connectivity index (χ0v) is 19.5. The number of ether oxygens (including phenoxy) is 1. The summed E-state index contributed by atoms with van der Waals surface area (Å²) in [4.78, 5) is 29.1. The van der Waals surface area contributed by atoms with E-state index in [1.54, 1.807) is 0 Å². The average Bonchev–Trinajstić information content (AvgIpc) is 3.17. The Labute approximate surface area is 198 Å². The van der Waals surface area contributed by atoms with Crippen LogP contribution >= 0.6 is 11.8 Å². The molecule has 1 saturated carbocycles. The molecule has 2 aliphatic rings. The van der Waals surface area contributed by atoms with E-state index in [1.165, 1.54) is 11.8 Å². The monoisotopic (exact) mass is 463 g/mol. The van der Waals surface area contributed by atoms with Gasteiger partial charge >= 0.3 is 0 Å². The molecule has 2 aromatic carbocycles. The molecule has 5 rings (SSSR count). The van der Waals surface area contributed by atoms with Crippen LogP contribution in [0.4, 0.5) is 5.69 Å². The lowest BCUT2D eigenvalue weighted by atomic mass is 9.87. The Hall–Kier alpha value is -2.61. The van der Waals surface area contributed by atoms with Gasteiger partial charge < -0.3 is 14.6 Å². The van der Waals surface area contributed by atoms with Gasteiger partial charge in [-0.15, -0.1) is 0 Å². The number of amides is 1. The van der Waals surface area contributed by atoms with Crippen LogP contribution < -0.4 is 5.32 Å². The summed E-state index contributed by atoms with van der Waals surface area (Å²) >= 11 is 1.25. The summed E-state index contributed by atoms with van der Waals surface area (Å²) in [6, 6.07) is 15.6. The van der Waals surface area contributed by atoms with Crippen LogP contribution in [-0.4, -0.2) is 53.3 Å². The maximum atomic E-state index is 13.3. The summed E-state index contributed by atoms with van der Waals surface area (Å²) in [6.07, 6.45) is 5.04. The maximum Gasteiger partial charge on any atom is 0.257 e. The molecule has 0 radical (unpaired) electrons. The van der Waals surface area contributed by atoms with E-state index in [-0.39, 0.29) is 16.9 Å². The first kappa shape index (κ1) is 22.2. The van der Waals surface area contributed by atoms with Crippen LogP contribution in [0.2, 0.25) is 0 Å². The fraction of sp³-hybridized carbons (Fsp3) is 0.385. The molecule has 1 aromatic heterocycles. The van der Waals surface area contributed by atoms with Gasteiger partial charge in [0.2, 0.25) is 0 Å². The van der Waals surface area contributed by atoms with Crippen LogP contribution in [0.5, 0.6) is 0 Å². The molecule has 2 heterocycles. The molecule has 33 heavy (non-hydrogen) atoms. The highest BCUT2D eigenvalue weighted by Gasteiger charge is 2.26. The second-order valence-corrected chi connectivity index (χ2v) is 9.75. The molecular formula is C26H29N3O3S. The van der Waals surface area contributed by atoms with Gasteiger partial charge in [-0.1, -0.05) is 36.8 Å². The van der Waals surface area contributed by atoms with E-state index in [4.69, 9.17) is 4.74 Å². The normalized spacial score (nSPS) is 17.1. The van der Waals surface area contributed by atoms with E-state index in [1.807, 2.05) is 48.7 Å². The summed E-state index contributed by atoms with van der Waals surface area (Å²) < 4.78 is 7.61. The lowest BCUT2D eigenvalue weighted by molar-refractivity contribution is -0.116. The van der Waals surface area contributed by atoms with Crippen molar-refractivity contribution < 1.29 is 14.3 Å². The third kappa shape index (κ3) is 5.00. The Morgan fingerprint density at radius 2 is 1.76 bits per heavy atom. The molecule has 3 aromatic rings. The number of nitrogens with zero attached hydrogens (tertiary/aromatic N) is 2. The molecule has 1 amide bonds. The minimum atomic E-state index is -0.152. The van der Waals surface area contributed by atoms with E-state index < -0.39 is 0 Å². The number of hydrogen-bond acceptors (Lipinski definition) is 5. The van der Waals surface area contributed by atoms with Gasteiger partial charge in [-0.2, -0.15) is 0 Å². The number of carbonyl (C=O) groups is 2. The number of anilines is 1. The third-order valence-corrected chi connectivity index (χ3v) is 7.69. The Morgan fingerprint density at radius 1 is 1.00 bits per heavy atom. The van der Waals surface area contributed by atoms with E-state index in [0.717, 1.165) is 74.5 Å². The number of fused-ring (bicyclic) bond motifs is 1. The number of hydrogen-bond donors (Lipinski definition) is 1. The zero-order chi connectivity index (χ0) is 22.6. The van der Waals surface area contributed by atoms with Crippen molar-refractivity contribution in [3.05, 3.63) is 60.3 Å². The molecule has 0 spiro atoms. The number of aromatic nitrogens is 1. The quantitative estimate of drug-likeness (QED) is 0.517. The molecule has 0 bridgehead atoms. The van der Waals surface area contributed by atoms with Gasteiger partial charge in [0.05, 0.1) is 24.5 Å². The minimum Gasteiger partial charge on any atom is -0.379 e. The van der Waals surface area contributed by atoms with Crippen molar-refractivity contribution >= 4 is 39.4 Å².